The summed E-state index contributed by atoms with van der Waals surface area (Å²) < 4.78 is 5.52. The minimum absolute atomic E-state index is 0.0832. The van der Waals surface area contributed by atoms with Gasteiger partial charge in [0.1, 0.15) is 11.4 Å². The highest BCUT2D eigenvalue weighted by Gasteiger charge is 2.14. The number of rotatable bonds is 5. The Kier molecular flexibility index (Phi) is 4.23. The number of carbonyl (C=O) groups excluding carboxylic acids is 1. The van der Waals surface area contributed by atoms with Gasteiger partial charge in [0.15, 0.2) is 0 Å². The van der Waals surface area contributed by atoms with Crippen molar-refractivity contribution in [3.05, 3.63) is 48.2 Å². The molecule has 0 atom stereocenters. The maximum absolute atomic E-state index is 12.3. The zero-order chi connectivity index (χ0) is 16.1. The van der Waals surface area contributed by atoms with Crippen molar-refractivity contribution in [1.29, 1.82) is 0 Å². The number of aromatic amines is 1. The molecule has 0 bridgehead atoms. The van der Waals surface area contributed by atoms with Crippen molar-refractivity contribution in [3.8, 4) is 17.0 Å². The maximum Gasteiger partial charge on any atom is 0.276 e. The molecule has 3 aromatic rings. The topological polar surface area (TPSA) is 106 Å². The summed E-state index contributed by atoms with van der Waals surface area (Å²) in [6.45, 7) is 2.37. The van der Waals surface area contributed by atoms with E-state index in [-0.39, 0.29) is 11.6 Å². The standard InChI is InChI=1S/C15H14N6O2/c1-2-23-11-8-12(10-6-4-3-5-7-10)16-13(9-11)14(22)17-15-18-20-21-19-15/h3-9H,2H2,1H3,(H2,17,18,19,20,21,22). The van der Waals surface area contributed by atoms with Crippen LogP contribution in [0.3, 0.4) is 0 Å². The fraction of sp³-hybridized carbons (Fsp3) is 0.133. The fourth-order valence-corrected chi connectivity index (χ4v) is 2.01. The highest BCUT2D eigenvalue weighted by Crippen LogP contribution is 2.23. The van der Waals surface area contributed by atoms with Crippen molar-refractivity contribution in [1.82, 2.24) is 25.6 Å². The zero-order valence-electron chi connectivity index (χ0n) is 12.4. The number of nitrogens with one attached hydrogen (secondary N) is 2. The zero-order valence-corrected chi connectivity index (χ0v) is 12.4. The molecule has 2 N–H and O–H groups in total. The number of ether oxygens (including phenoxy) is 1. The summed E-state index contributed by atoms with van der Waals surface area (Å²) in [5.41, 5.74) is 1.75. The SMILES string of the molecule is CCOc1cc(C(=O)Nc2nn[nH]n2)nc(-c2ccccc2)c1. The van der Waals surface area contributed by atoms with E-state index in [0.29, 0.717) is 18.1 Å². The van der Waals surface area contributed by atoms with E-state index < -0.39 is 5.91 Å². The Morgan fingerprint density at radius 3 is 2.78 bits per heavy atom. The van der Waals surface area contributed by atoms with Gasteiger partial charge in [0.05, 0.1) is 12.3 Å². The monoisotopic (exact) mass is 310 g/mol. The van der Waals surface area contributed by atoms with Gasteiger partial charge >= 0.3 is 0 Å². The number of anilines is 1. The molecular weight excluding hydrogens is 296 g/mol. The summed E-state index contributed by atoms with van der Waals surface area (Å²) in [4.78, 5) is 16.7. The number of amides is 1. The van der Waals surface area contributed by atoms with Gasteiger partial charge in [0, 0.05) is 17.7 Å². The number of pyridine rings is 1. The van der Waals surface area contributed by atoms with Gasteiger partial charge in [-0.1, -0.05) is 35.4 Å². The second-order valence-electron chi connectivity index (χ2n) is 4.56. The molecule has 2 aromatic heterocycles. The molecule has 2 heterocycles. The molecule has 116 valence electrons. The fourth-order valence-electron chi connectivity index (χ4n) is 2.01. The molecule has 3 rings (SSSR count). The van der Waals surface area contributed by atoms with E-state index in [2.05, 4.69) is 30.9 Å². The van der Waals surface area contributed by atoms with Gasteiger partial charge in [0.2, 0.25) is 0 Å². The summed E-state index contributed by atoms with van der Waals surface area (Å²) in [7, 11) is 0. The number of benzene rings is 1. The second-order valence-corrected chi connectivity index (χ2v) is 4.56. The van der Waals surface area contributed by atoms with Crippen LogP contribution >= 0.6 is 0 Å². The maximum atomic E-state index is 12.3. The van der Waals surface area contributed by atoms with Crippen LogP contribution in [-0.2, 0) is 0 Å². The Bertz CT molecular complexity index is 789. The average Bonchev–Trinajstić information content (AvgIpc) is 3.09. The predicted molar refractivity (Wildman–Crippen MR) is 83.0 cm³/mol. The number of aromatic nitrogens is 5. The molecule has 0 radical (unpaired) electrons. The lowest BCUT2D eigenvalue weighted by atomic mass is 10.1. The van der Waals surface area contributed by atoms with Gasteiger partial charge in [-0.25, -0.2) is 4.98 Å². The third-order valence-corrected chi connectivity index (χ3v) is 2.98. The van der Waals surface area contributed by atoms with Crippen LogP contribution in [0.25, 0.3) is 11.3 Å². The summed E-state index contributed by atoms with van der Waals surface area (Å²) in [6.07, 6.45) is 0. The van der Waals surface area contributed by atoms with E-state index in [1.54, 1.807) is 12.1 Å². The summed E-state index contributed by atoms with van der Waals surface area (Å²) >= 11 is 0. The molecule has 0 aliphatic rings. The smallest absolute Gasteiger partial charge is 0.276 e. The van der Waals surface area contributed by atoms with Crippen molar-refractivity contribution < 1.29 is 9.53 Å². The average molecular weight is 310 g/mol. The quantitative estimate of drug-likeness (QED) is 0.745. The van der Waals surface area contributed by atoms with Gasteiger partial charge in [-0.15, -0.1) is 5.10 Å². The largest absolute Gasteiger partial charge is 0.494 e. The molecule has 0 aliphatic carbocycles. The van der Waals surface area contributed by atoms with E-state index in [0.717, 1.165) is 5.56 Å². The van der Waals surface area contributed by atoms with E-state index >= 15 is 0 Å². The van der Waals surface area contributed by atoms with Gasteiger partial charge < -0.3 is 4.74 Å². The Balaban J connectivity index is 1.95. The number of nitrogens with zero attached hydrogens (tertiary/aromatic N) is 4. The highest BCUT2D eigenvalue weighted by molar-refractivity contribution is 6.02. The summed E-state index contributed by atoms with van der Waals surface area (Å²) in [6, 6.07) is 12.9. The van der Waals surface area contributed by atoms with Crippen molar-refractivity contribution in [2.75, 3.05) is 11.9 Å². The number of H-pyrrole nitrogens is 1. The normalized spacial score (nSPS) is 10.3. The number of tetrazole rings is 1. The molecule has 0 saturated carbocycles. The molecule has 23 heavy (non-hydrogen) atoms. The summed E-state index contributed by atoms with van der Waals surface area (Å²) in [5, 5.41) is 15.5. The lowest BCUT2D eigenvalue weighted by molar-refractivity contribution is 0.102. The van der Waals surface area contributed by atoms with Crippen molar-refractivity contribution in [3.63, 3.8) is 0 Å². The van der Waals surface area contributed by atoms with Gasteiger partial charge in [-0.2, -0.15) is 5.21 Å². The minimum atomic E-state index is -0.440. The third-order valence-electron chi connectivity index (χ3n) is 2.98. The van der Waals surface area contributed by atoms with E-state index in [9.17, 15) is 4.79 Å². The van der Waals surface area contributed by atoms with Crippen LogP contribution in [0.1, 0.15) is 17.4 Å². The number of hydrogen-bond acceptors (Lipinski definition) is 6. The van der Waals surface area contributed by atoms with Crippen LogP contribution in [0.4, 0.5) is 5.95 Å². The van der Waals surface area contributed by atoms with E-state index in [1.165, 1.54) is 0 Å². The Hall–Kier alpha value is -3.29. The molecule has 0 aliphatic heterocycles. The molecule has 1 aromatic carbocycles. The van der Waals surface area contributed by atoms with E-state index in [4.69, 9.17) is 4.74 Å². The van der Waals surface area contributed by atoms with Crippen molar-refractivity contribution >= 4 is 11.9 Å². The lowest BCUT2D eigenvalue weighted by Crippen LogP contribution is -2.15. The first kappa shape index (κ1) is 14.6. The first-order valence-corrected chi connectivity index (χ1v) is 7.01. The first-order chi connectivity index (χ1) is 11.3. The van der Waals surface area contributed by atoms with Crippen molar-refractivity contribution in [2.45, 2.75) is 6.92 Å². The van der Waals surface area contributed by atoms with Crippen LogP contribution in [0, 0.1) is 0 Å². The third kappa shape index (κ3) is 3.49. The van der Waals surface area contributed by atoms with Crippen molar-refractivity contribution in [2.24, 2.45) is 0 Å². The molecule has 8 heteroatoms. The number of hydrogen-bond donors (Lipinski definition) is 2. The highest BCUT2D eigenvalue weighted by atomic mass is 16.5. The van der Waals surface area contributed by atoms with Crippen LogP contribution in [0.5, 0.6) is 5.75 Å². The molecule has 0 fully saturated rings. The van der Waals surface area contributed by atoms with Gasteiger partial charge in [-0.3, -0.25) is 10.1 Å². The van der Waals surface area contributed by atoms with Crippen LogP contribution in [-0.4, -0.2) is 38.1 Å². The Morgan fingerprint density at radius 1 is 1.26 bits per heavy atom. The molecule has 8 nitrogen and oxygen atoms in total. The first-order valence-electron chi connectivity index (χ1n) is 7.01. The Morgan fingerprint density at radius 2 is 2.09 bits per heavy atom. The Labute approximate surface area is 131 Å². The van der Waals surface area contributed by atoms with Gasteiger partial charge in [0.25, 0.3) is 11.9 Å². The molecule has 0 spiro atoms. The van der Waals surface area contributed by atoms with Gasteiger partial charge in [-0.05, 0) is 12.1 Å². The van der Waals surface area contributed by atoms with Crippen LogP contribution in [0.2, 0.25) is 0 Å². The minimum Gasteiger partial charge on any atom is -0.494 e. The van der Waals surface area contributed by atoms with Crippen LogP contribution < -0.4 is 10.1 Å². The van der Waals surface area contributed by atoms with E-state index in [1.807, 2.05) is 37.3 Å². The number of carbonyl (C=O) groups is 1. The molecule has 0 saturated heterocycles. The summed E-state index contributed by atoms with van der Waals surface area (Å²) in [5.74, 6) is 0.213. The predicted octanol–water partition coefficient (Wildman–Crippen LogP) is 1.91. The van der Waals surface area contributed by atoms with Crippen LogP contribution in [0.15, 0.2) is 42.5 Å². The molecular formula is C15H14N6O2. The lowest BCUT2D eigenvalue weighted by Gasteiger charge is -2.09. The molecule has 0 unspecified atom stereocenters. The molecule has 1 amide bonds. The second kappa shape index (κ2) is 6.65.